The minimum absolute atomic E-state index is 0.0136. The molecule has 63 heavy (non-hydrogen) atoms. The van der Waals surface area contributed by atoms with Crippen LogP contribution in [0.3, 0.4) is 0 Å². The van der Waals surface area contributed by atoms with Gasteiger partial charge in [0.1, 0.15) is 22.3 Å². The zero-order chi connectivity index (χ0) is 43.0. The Labute approximate surface area is 368 Å². The van der Waals surface area contributed by atoms with E-state index in [4.69, 9.17) is 8.83 Å². The Balaban J connectivity index is 1.17. The predicted molar refractivity (Wildman–Crippen MR) is 267 cm³/mol. The van der Waals surface area contributed by atoms with E-state index in [0.717, 1.165) is 77.6 Å². The molecule has 0 aliphatic rings. The Kier molecular flexibility index (Phi) is 8.96. The highest BCUT2D eigenvalue weighted by molar-refractivity contribution is 6.11. The summed E-state index contributed by atoms with van der Waals surface area (Å²) in [4.78, 5) is 2.44. The van der Waals surface area contributed by atoms with Crippen LogP contribution < -0.4 is 4.90 Å². The van der Waals surface area contributed by atoms with E-state index in [-0.39, 0.29) is 10.8 Å². The van der Waals surface area contributed by atoms with Crippen LogP contribution in [-0.2, 0) is 10.8 Å². The van der Waals surface area contributed by atoms with Crippen molar-refractivity contribution in [1.29, 1.82) is 0 Å². The van der Waals surface area contributed by atoms with Crippen molar-refractivity contribution in [3.05, 3.63) is 199 Å². The number of furan rings is 2. The van der Waals surface area contributed by atoms with Crippen LogP contribution in [0.4, 0.5) is 17.1 Å². The molecule has 0 spiro atoms. The number of nitrogens with zero attached hydrogens (tertiary/aromatic N) is 1. The summed E-state index contributed by atoms with van der Waals surface area (Å²) in [6, 6.07) is 68.2. The third-order valence-electron chi connectivity index (χ3n) is 12.8. The molecule has 0 saturated heterocycles. The number of fused-ring (bicyclic) bond motifs is 7. The van der Waals surface area contributed by atoms with Gasteiger partial charge in [-0.1, -0.05) is 175 Å². The van der Waals surface area contributed by atoms with Gasteiger partial charge in [-0.15, -0.1) is 0 Å². The van der Waals surface area contributed by atoms with E-state index in [0.29, 0.717) is 0 Å². The highest BCUT2D eigenvalue weighted by atomic mass is 16.3. The van der Waals surface area contributed by atoms with Crippen molar-refractivity contribution in [2.24, 2.45) is 0 Å². The van der Waals surface area contributed by atoms with Gasteiger partial charge < -0.3 is 13.7 Å². The van der Waals surface area contributed by atoms with Gasteiger partial charge >= 0.3 is 0 Å². The topological polar surface area (TPSA) is 29.5 Å². The molecular weight excluding hydrogens is 767 g/mol. The van der Waals surface area contributed by atoms with Crippen LogP contribution in [0.15, 0.2) is 197 Å². The first-order chi connectivity index (χ1) is 30.5. The molecule has 0 amide bonds. The minimum Gasteiger partial charge on any atom is -0.456 e. The van der Waals surface area contributed by atoms with Crippen LogP contribution in [-0.4, -0.2) is 0 Å². The van der Waals surface area contributed by atoms with E-state index in [2.05, 4.69) is 210 Å². The molecule has 11 rings (SSSR count). The molecule has 3 nitrogen and oxygen atoms in total. The molecule has 0 aliphatic heterocycles. The summed E-state index contributed by atoms with van der Waals surface area (Å²) < 4.78 is 12.8. The molecule has 2 aromatic heterocycles. The zero-order valence-corrected chi connectivity index (χ0v) is 36.7. The second kappa shape index (κ2) is 14.6. The molecule has 11 aromatic rings. The molecule has 9 aromatic carbocycles. The minimum atomic E-state index is -0.0136. The van der Waals surface area contributed by atoms with Crippen LogP contribution in [0.1, 0.15) is 52.7 Å². The van der Waals surface area contributed by atoms with Crippen molar-refractivity contribution in [2.45, 2.75) is 52.4 Å². The molecule has 0 radical (unpaired) electrons. The van der Waals surface area contributed by atoms with Gasteiger partial charge in [0.15, 0.2) is 0 Å². The number of hydrogen-bond acceptors (Lipinski definition) is 3. The van der Waals surface area contributed by atoms with Gasteiger partial charge in [-0.2, -0.15) is 0 Å². The highest BCUT2D eigenvalue weighted by Crippen LogP contribution is 2.49. The number of para-hydroxylation sites is 4. The van der Waals surface area contributed by atoms with Gasteiger partial charge in [-0.3, -0.25) is 0 Å². The lowest BCUT2D eigenvalue weighted by atomic mass is 9.78. The quantitative estimate of drug-likeness (QED) is 0.167. The summed E-state index contributed by atoms with van der Waals surface area (Å²) in [5, 5.41) is 6.84. The maximum Gasteiger partial charge on any atom is 0.136 e. The maximum absolute atomic E-state index is 6.46. The molecule has 3 heteroatoms. The molecule has 0 fully saturated rings. The number of anilines is 3. The molecule has 0 unspecified atom stereocenters. The van der Waals surface area contributed by atoms with E-state index in [1.54, 1.807) is 0 Å². The first-order valence-corrected chi connectivity index (χ1v) is 22.0. The van der Waals surface area contributed by atoms with E-state index < -0.39 is 0 Å². The third-order valence-corrected chi connectivity index (χ3v) is 12.8. The van der Waals surface area contributed by atoms with E-state index in [1.807, 2.05) is 24.3 Å². The molecule has 0 bridgehead atoms. The molecule has 0 atom stereocenters. The van der Waals surface area contributed by atoms with Crippen LogP contribution in [0.2, 0.25) is 0 Å². The fraction of sp³-hybridized carbons (Fsp3) is 0.133. The Morgan fingerprint density at radius 1 is 0.349 bits per heavy atom. The van der Waals surface area contributed by atoms with Crippen molar-refractivity contribution in [3.63, 3.8) is 0 Å². The Hall–Kier alpha value is -7.36. The monoisotopic (exact) mass is 815 g/mol. The molecule has 0 saturated carbocycles. The maximum atomic E-state index is 6.46. The number of benzene rings is 9. The molecule has 2 heterocycles. The fourth-order valence-electron chi connectivity index (χ4n) is 9.42. The lowest BCUT2D eigenvalue weighted by Crippen LogP contribution is -2.16. The first-order valence-electron chi connectivity index (χ1n) is 22.0. The number of hydrogen-bond donors (Lipinski definition) is 0. The summed E-state index contributed by atoms with van der Waals surface area (Å²) in [7, 11) is 0. The van der Waals surface area contributed by atoms with Gasteiger partial charge in [0.2, 0.25) is 0 Å². The highest BCUT2D eigenvalue weighted by Gasteiger charge is 2.25. The van der Waals surface area contributed by atoms with Crippen molar-refractivity contribution < 1.29 is 8.83 Å². The Morgan fingerprint density at radius 2 is 0.873 bits per heavy atom. The molecule has 306 valence electrons. The van der Waals surface area contributed by atoms with E-state index in [9.17, 15) is 0 Å². The second-order valence-electron chi connectivity index (χ2n) is 19.0. The lowest BCUT2D eigenvalue weighted by molar-refractivity contribution is 0.569. The standard InChI is InChI=1S/C60H49NO2/c1-59(2,3)41-33-40(34-42(36-41)60(4,5)6)45-23-15-17-38-18-16-24-50(58(38)45)46-20-8-12-26-53(46)61(43-30-32-56-51(37-43)48-22-10-14-28-55(48)62-56)52-25-11-7-19-44(52)39-29-31-49-47-21-9-13-27-54(47)63-57(49)35-39/h7-37H,1-6H3. The average molecular weight is 816 g/mol. The van der Waals surface area contributed by atoms with Gasteiger partial charge in [0.05, 0.1) is 11.4 Å². The Bertz CT molecular complexity index is 3510. The van der Waals surface area contributed by atoms with Gasteiger partial charge in [-0.25, -0.2) is 0 Å². The lowest BCUT2D eigenvalue weighted by Gasteiger charge is -2.30. The normalized spacial score (nSPS) is 12.3. The fourth-order valence-corrected chi connectivity index (χ4v) is 9.42. The summed E-state index contributed by atoms with van der Waals surface area (Å²) in [6.07, 6.45) is 0. The van der Waals surface area contributed by atoms with Gasteiger partial charge in [0.25, 0.3) is 0 Å². The molecular formula is C60H49NO2. The largest absolute Gasteiger partial charge is 0.456 e. The summed E-state index contributed by atoms with van der Waals surface area (Å²) >= 11 is 0. The van der Waals surface area contributed by atoms with Crippen LogP contribution in [0.25, 0.3) is 88.0 Å². The summed E-state index contributed by atoms with van der Waals surface area (Å²) in [5.41, 5.74) is 16.3. The smallest absolute Gasteiger partial charge is 0.136 e. The van der Waals surface area contributed by atoms with Gasteiger partial charge in [-0.05, 0) is 110 Å². The SMILES string of the molecule is CC(C)(C)c1cc(-c2cccc3cccc(-c4ccccc4N(c4ccc5oc6ccccc6c5c4)c4ccccc4-c4ccc5c(c4)oc4ccccc45)c23)cc(C(C)(C)C)c1. The average Bonchev–Trinajstić information content (AvgIpc) is 3.86. The van der Waals surface area contributed by atoms with E-state index in [1.165, 1.54) is 38.6 Å². The summed E-state index contributed by atoms with van der Waals surface area (Å²) in [6.45, 7) is 13.9. The van der Waals surface area contributed by atoms with Crippen LogP contribution >= 0.6 is 0 Å². The second-order valence-corrected chi connectivity index (χ2v) is 19.0. The first kappa shape index (κ1) is 38.6. The van der Waals surface area contributed by atoms with Crippen LogP contribution in [0, 0.1) is 0 Å². The van der Waals surface area contributed by atoms with Crippen molar-refractivity contribution in [2.75, 3.05) is 4.90 Å². The van der Waals surface area contributed by atoms with Gasteiger partial charge in [0, 0.05) is 38.4 Å². The Morgan fingerprint density at radius 3 is 1.56 bits per heavy atom. The zero-order valence-electron chi connectivity index (χ0n) is 36.7. The predicted octanol–water partition coefficient (Wildman–Crippen LogP) is 17.7. The van der Waals surface area contributed by atoms with Crippen molar-refractivity contribution in [3.8, 4) is 33.4 Å². The third kappa shape index (κ3) is 6.67. The molecule has 0 aliphatic carbocycles. The van der Waals surface area contributed by atoms with E-state index >= 15 is 0 Å². The summed E-state index contributed by atoms with van der Waals surface area (Å²) in [5.74, 6) is 0. The number of rotatable bonds is 6. The van der Waals surface area contributed by atoms with Crippen molar-refractivity contribution >= 4 is 71.7 Å². The molecule has 0 N–H and O–H groups in total. The van der Waals surface area contributed by atoms with Crippen LogP contribution in [0.5, 0.6) is 0 Å². The van der Waals surface area contributed by atoms with Crippen molar-refractivity contribution in [1.82, 2.24) is 0 Å².